The van der Waals surface area contributed by atoms with Gasteiger partial charge in [-0.3, -0.25) is 4.79 Å². The monoisotopic (exact) mass is 265 g/mol. The van der Waals surface area contributed by atoms with Gasteiger partial charge in [-0.05, 0) is 31.6 Å². The number of rotatable bonds is 5. The number of allylic oxidation sites excluding steroid dienone is 3. The summed E-state index contributed by atoms with van der Waals surface area (Å²) in [4.78, 5) is 11.3. The second kappa shape index (κ2) is 6.29. The summed E-state index contributed by atoms with van der Waals surface area (Å²) in [6.45, 7) is 9.46. The highest BCUT2D eigenvalue weighted by molar-refractivity contribution is 6.19. The molecule has 0 bridgehead atoms. The lowest BCUT2D eigenvalue weighted by Gasteiger charge is -2.25. The second-order valence-electron chi connectivity index (χ2n) is 6.19. The number of hydrogen-bond acceptors (Lipinski definition) is 2. The summed E-state index contributed by atoms with van der Waals surface area (Å²) in [5, 5.41) is 9.92. The quantitative estimate of drug-likeness (QED) is 0.472. The summed E-state index contributed by atoms with van der Waals surface area (Å²) in [7, 11) is 0. The molecule has 1 N–H and O–H groups in total. The first-order chi connectivity index (χ1) is 8.71. The summed E-state index contributed by atoms with van der Waals surface area (Å²) < 4.78 is 5.51. The van der Waals surface area contributed by atoms with Crippen LogP contribution in [0, 0.1) is 5.41 Å². The molecule has 0 radical (unpaired) electrons. The SMILES string of the molecule is CC(=O)C1=C/C(=C/CCCC(O)C(C)(C)C)[O+]=C1C. The third-order valence-corrected chi connectivity index (χ3v) is 3.34. The molecule has 3 nitrogen and oxygen atoms in total. The fourth-order valence-electron chi connectivity index (χ4n) is 1.94. The van der Waals surface area contributed by atoms with Crippen LogP contribution in [0.15, 0.2) is 23.5 Å². The summed E-state index contributed by atoms with van der Waals surface area (Å²) in [5.41, 5.74) is 0.587. The molecule has 19 heavy (non-hydrogen) atoms. The maximum atomic E-state index is 11.3. The Morgan fingerprint density at radius 1 is 1.47 bits per heavy atom. The molecule has 1 rings (SSSR count). The molecule has 0 aromatic rings. The van der Waals surface area contributed by atoms with Crippen LogP contribution >= 0.6 is 0 Å². The minimum absolute atomic E-state index is 0.0315. The smallest absolute Gasteiger partial charge is 0.350 e. The molecule has 0 aliphatic carbocycles. The van der Waals surface area contributed by atoms with Crippen LogP contribution in [0.5, 0.6) is 0 Å². The van der Waals surface area contributed by atoms with Crippen molar-refractivity contribution in [2.45, 2.75) is 60.0 Å². The Kier molecular flexibility index (Phi) is 5.24. The van der Waals surface area contributed by atoms with Crippen LogP contribution in [0.25, 0.3) is 0 Å². The van der Waals surface area contributed by atoms with Crippen LogP contribution in [0.3, 0.4) is 0 Å². The summed E-state index contributed by atoms with van der Waals surface area (Å²) >= 11 is 0. The van der Waals surface area contributed by atoms with Crippen LogP contribution in [-0.4, -0.2) is 22.8 Å². The summed E-state index contributed by atoms with van der Waals surface area (Å²) in [5.74, 6) is 1.45. The highest BCUT2D eigenvalue weighted by atomic mass is 16.4. The Balaban J connectivity index is 2.46. The number of hydrogen-bond donors (Lipinski definition) is 1. The molecule has 0 saturated carbocycles. The first kappa shape index (κ1) is 15.8. The summed E-state index contributed by atoms with van der Waals surface area (Å²) in [6.07, 6.45) is 6.02. The molecule has 1 aliphatic rings. The molecule has 0 saturated heterocycles. The van der Waals surface area contributed by atoms with Gasteiger partial charge in [0, 0.05) is 6.08 Å². The van der Waals surface area contributed by atoms with E-state index in [1.807, 2.05) is 26.8 Å². The van der Waals surface area contributed by atoms with Crippen LogP contribution in [-0.2, 0) is 9.22 Å². The molecule has 106 valence electrons. The second-order valence-corrected chi connectivity index (χ2v) is 6.19. The van der Waals surface area contributed by atoms with Gasteiger partial charge in [0.1, 0.15) is 5.57 Å². The number of unbranched alkanes of at least 4 members (excludes halogenated alkanes) is 1. The Morgan fingerprint density at radius 3 is 2.58 bits per heavy atom. The zero-order chi connectivity index (χ0) is 14.6. The topological polar surface area (TPSA) is 48.6 Å². The van der Waals surface area contributed by atoms with Crippen molar-refractivity contribution in [3.8, 4) is 0 Å². The molecule has 1 unspecified atom stereocenters. The highest BCUT2D eigenvalue weighted by Crippen LogP contribution is 2.23. The van der Waals surface area contributed by atoms with Crippen LogP contribution < -0.4 is 0 Å². The summed E-state index contributed by atoms with van der Waals surface area (Å²) in [6, 6.07) is 0. The zero-order valence-corrected chi connectivity index (χ0v) is 12.6. The molecule has 1 aliphatic heterocycles. The van der Waals surface area contributed by atoms with Gasteiger partial charge in [0.05, 0.1) is 19.1 Å². The van der Waals surface area contributed by atoms with Crippen LogP contribution in [0.2, 0.25) is 0 Å². The van der Waals surface area contributed by atoms with Crippen molar-refractivity contribution in [1.82, 2.24) is 0 Å². The third-order valence-electron chi connectivity index (χ3n) is 3.34. The first-order valence-corrected chi connectivity index (χ1v) is 6.84. The molecular weight excluding hydrogens is 240 g/mol. The minimum atomic E-state index is -0.285. The van der Waals surface area contributed by atoms with Gasteiger partial charge in [-0.2, -0.15) is 0 Å². The maximum absolute atomic E-state index is 11.3. The van der Waals surface area contributed by atoms with E-state index in [1.54, 1.807) is 19.9 Å². The van der Waals surface area contributed by atoms with Gasteiger partial charge in [-0.15, -0.1) is 0 Å². The minimum Gasteiger partial charge on any atom is -0.393 e. The molecule has 3 heteroatoms. The van der Waals surface area contributed by atoms with E-state index < -0.39 is 0 Å². The van der Waals surface area contributed by atoms with Gasteiger partial charge in [0.25, 0.3) is 0 Å². The molecule has 0 aromatic heterocycles. The largest absolute Gasteiger partial charge is 0.393 e. The first-order valence-electron chi connectivity index (χ1n) is 6.84. The van der Waals surface area contributed by atoms with E-state index >= 15 is 0 Å². The fourth-order valence-corrected chi connectivity index (χ4v) is 1.94. The van der Waals surface area contributed by atoms with E-state index in [0.717, 1.165) is 25.0 Å². The lowest BCUT2D eigenvalue weighted by Crippen LogP contribution is -2.25. The van der Waals surface area contributed by atoms with Crippen LogP contribution in [0.1, 0.15) is 53.9 Å². The van der Waals surface area contributed by atoms with E-state index in [9.17, 15) is 9.90 Å². The van der Waals surface area contributed by atoms with Gasteiger partial charge in [0.15, 0.2) is 5.78 Å². The van der Waals surface area contributed by atoms with Gasteiger partial charge in [-0.25, -0.2) is 4.42 Å². The standard InChI is InChI=1S/C16H25O3/c1-11(17)14-10-13(19-12(14)2)8-6-7-9-15(18)16(3,4)5/h8,10,15,18H,6-7,9H2,1-5H3/q+1/b13-8-. The number of aliphatic hydroxyl groups excluding tert-OH is 1. The van der Waals surface area contributed by atoms with Gasteiger partial charge in [0.2, 0.25) is 0 Å². The van der Waals surface area contributed by atoms with Crippen molar-refractivity contribution in [1.29, 1.82) is 0 Å². The zero-order valence-electron chi connectivity index (χ0n) is 12.6. The molecular formula is C16H25O3+. The Morgan fingerprint density at radius 2 is 2.11 bits per heavy atom. The molecule has 1 atom stereocenters. The Hall–Kier alpha value is -1.22. The fraction of sp³-hybridized carbons (Fsp3) is 0.625. The Bertz CT molecular complexity index is 433. The lowest BCUT2D eigenvalue weighted by molar-refractivity contribution is -0.387. The predicted octanol–water partition coefficient (Wildman–Crippen LogP) is 3.10. The normalized spacial score (nSPS) is 19.4. The highest BCUT2D eigenvalue weighted by Gasteiger charge is 2.27. The van der Waals surface area contributed by atoms with Crippen molar-refractivity contribution in [2.24, 2.45) is 5.41 Å². The Labute approximate surface area is 115 Å². The molecule has 0 spiro atoms. The van der Waals surface area contributed by atoms with Gasteiger partial charge in [-0.1, -0.05) is 20.8 Å². The molecule has 1 heterocycles. The number of carbonyl (C=O) groups excluding carboxylic acids is 2. The van der Waals surface area contributed by atoms with Crippen molar-refractivity contribution in [2.75, 3.05) is 0 Å². The molecule has 0 aromatic carbocycles. The van der Waals surface area contributed by atoms with E-state index in [0.29, 0.717) is 11.4 Å². The number of ketones is 2. The predicted molar refractivity (Wildman–Crippen MR) is 76.8 cm³/mol. The number of carbonyl (C=O) groups is 1. The van der Waals surface area contributed by atoms with E-state index in [-0.39, 0.29) is 17.3 Å². The van der Waals surface area contributed by atoms with E-state index in [4.69, 9.17) is 4.42 Å². The van der Waals surface area contributed by atoms with Gasteiger partial charge < -0.3 is 5.11 Å². The lowest BCUT2D eigenvalue weighted by atomic mass is 9.86. The molecule has 0 fully saturated rings. The van der Waals surface area contributed by atoms with Crippen molar-refractivity contribution in [3.63, 3.8) is 0 Å². The van der Waals surface area contributed by atoms with Crippen molar-refractivity contribution >= 4 is 11.6 Å². The van der Waals surface area contributed by atoms with E-state index in [2.05, 4.69) is 0 Å². The third kappa shape index (κ3) is 4.75. The van der Waals surface area contributed by atoms with Crippen molar-refractivity contribution in [3.05, 3.63) is 23.5 Å². The average Bonchev–Trinajstić information content (AvgIpc) is 2.64. The molecule has 0 amide bonds. The number of aliphatic hydroxyl groups is 1. The van der Waals surface area contributed by atoms with Crippen LogP contribution in [0.4, 0.5) is 0 Å². The van der Waals surface area contributed by atoms with Crippen molar-refractivity contribution < 1.29 is 14.3 Å². The van der Waals surface area contributed by atoms with E-state index in [1.165, 1.54) is 0 Å². The average molecular weight is 265 g/mol. The number of Topliss-reactive ketones (excluding diaryl/α,β-unsaturated/α-hetero) is 1. The maximum Gasteiger partial charge on any atom is 0.350 e. The van der Waals surface area contributed by atoms with Gasteiger partial charge >= 0.3 is 11.5 Å².